The Morgan fingerprint density at radius 2 is 2.20 bits per heavy atom. The predicted molar refractivity (Wildman–Crippen MR) is 41.2 cm³/mol. The molecule has 0 aromatic carbocycles. The Morgan fingerprint density at radius 1 is 1.60 bits per heavy atom. The van der Waals surface area contributed by atoms with E-state index < -0.39 is 8.03 Å². The van der Waals surface area contributed by atoms with Crippen LogP contribution in [0.3, 0.4) is 0 Å². The van der Waals surface area contributed by atoms with Gasteiger partial charge in [0.05, 0.1) is 0 Å². The standard InChI is InChI=1S/C5H14N2O2P/c1-6-4-9-10(8)5-7(2)3/h6H,4-5H2,1-3H3/q+1. The number of hydrogen-bond donors (Lipinski definition) is 1. The Kier molecular flexibility index (Phi) is 5.73. The third-order valence-electron chi connectivity index (χ3n) is 0.751. The van der Waals surface area contributed by atoms with E-state index in [1.165, 1.54) is 0 Å². The number of hydrogen-bond acceptors (Lipinski definition) is 4. The minimum absolute atomic E-state index is 0.350. The molecule has 1 atom stereocenters. The summed E-state index contributed by atoms with van der Waals surface area (Å²) in [5, 5.41) is 2.75. The summed E-state index contributed by atoms with van der Waals surface area (Å²) in [5.41, 5.74) is 0. The van der Waals surface area contributed by atoms with Crippen LogP contribution in [-0.4, -0.2) is 39.1 Å². The third kappa shape index (κ3) is 6.11. The average Bonchev–Trinajstić information content (AvgIpc) is 1.82. The summed E-state index contributed by atoms with van der Waals surface area (Å²) in [6.45, 7) is 0.350. The lowest BCUT2D eigenvalue weighted by atomic mass is 11.0. The van der Waals surface area contributed by atoms with Crippen molar-refractivity contribution in [2.45, 2.75) is 0 Å². The highest BCUT2D eigenvalue weighted by atomic mass is 31.1. The first-order valence-corrected chi connectivity index (χ1v) is 4.40. The van der Waals surface area contributed by atoms with Crippen LogP contribution in [0.2, 0.25) is 0 Å². The van der Waals surface area contributed by atoms with Gasteiger partial charge in [-0.15, -0.1) is 4.52 Å². The average molecular weight is 165 g/mol. The minimum Gasteiger partial charge on any atom is -0.294 e. The topological polar surface area (TPSA) is 41.6 Å². The zero-order chi connectivity index (χ0) is 7.98. The number of nitrogens with one attached hydrogen (secondary N) is 1. The van der Waals surface area contributed by atoms with Crippen molar-refractivity contribution in [3.05, 3.63) is 0 Å². The van der Waals surface area contributed by atoms with Crippen LogP contribution in [0.4, 0.5) is 0 Å². The van der Waals surface area contributed by atoms with Gasteiger partial charge in [0.2, 0.25) is 6.29 Å². The molecule has 0 heterocycles. The van der Waals surface area contributed by atoms with Crippen molar-refractivity contribution >= 4 is 8.03 Å². The van der Waals surface area contributed by atoms with Crippen LogP contribution >= 0.6 is 8.03 Å². The van der Waals surface area contributed by atoms with E-state index >= 15 is 0 Å². The van der Waals surface area contributed by atoms with Crippen molar-refractivity contribution in [1.29, 1.82) is 0 Å². The molecule has 5 heteroatoms. The zero-order valence-corrected chi connectivity index (χ0v) is 7.52. The highest BCUT2D eigenvalue weighted by molar-refractivity contribution is 7.39. The molecule has 0 saturated heterocycles. The molecule has 0 spiro atoms. The van der Waals surface area contributed by atoms with E-state index in [0.29, 0.717) is 13.0 Å². The lowest BCUT2D eigenvalue weighted by molar-refractivity contribution is 0.297. The SMILES string of the molecule is CNCO[P+](=O)CN(C)C. The van der Waals surface area contributed by atoms with Crippen LogP contribution in [0.15, 0.2) is 0 Å². The first kappa shape index (κ1) is 9.98. The predicted octanol–water partition coefficient (Wildman–Crippen LogP) is 0.441. The van der Waals surface area contributed by atoms with Crippen molar-refractivity contribution in [1.82, 2.24) is 10.2 Å². The Balaban J connectivity index is 3.26. The highest BCUT2D eigenvalue weighted by Gasteiger charge is 2.16. The van der Waals surface area contributed by atoms with Crippen LogP contribution in [0.25, 0.3) is 0 Å². The summed E-state index contributed by atoms with van der Waals surface area (Å²) in [7, 11) is 3.95. The first-order chi connectivity index (χ1) is 4.66. The van der Waals surface area contributed by atoms with Crippen LogP contribution in [-0.2, 0) is 9.09 Å². The monoisotopic (exact) mass is 165 g/mol. The fourth-order valence-corrected chi connectivity index (χ4v) is 1.22. The second kappa shape index (κ2) is 5.74. The minimum atomic E-state index is -1.51. The summed E-state index contributed by atoms with van der Waals surface area (Å²) < 4.78 is 15.7. The Hall–Kier alpha value is -0.0200. The highest BCUT2D eigenvalue weighted by Crippen LogP contribution is 2.20. The van der Waals surface area contributed by atoms with E-state index in [9.17, 15) is 4.57 Å². The number of nitrogens with zero attached hydrogens (tertiary/aromatic N) is 1. The first-order valence-electron chi connectivity index (χ1n) is 3.03. The number of rotatable bonds is 5. The van der Waals surface area contributed by atoms with Crippen molar-refractivity contribution in [2.24, 2.45) is 0 Å². The maximum absolute atomic E-state index is 10.9. The molecule has 0 aromatic heterocycles. The summed E-state index contributed by atoms with van der Waals surface area (Å²) >= 11 is 0. The summed E-state index contributed by atoms with van der Waals surface area (Å²) in [4.78, 5) is 1.83. The van der Waals surface area contributed by atoms with E-state index in [-0.39, 0.29) is 0 Å². The van der Waals surface area contributed by atoms with Crippen LogP contribution in [0.1, 0.15) is 0 Å². The van der Waals surface area contributed by atoms with Gasteiger partial charge in [0.25, 0.3) is 0 Å². The molecular formula is C5H14N2O2P+. The van der Waals surface area contributed by atoms with Crippen LogP contribution in [0.5, 0.6) is 0 Å². The van der Waals surface area contributed by atoms with Crippen molar-refractivity contribution in [3.8, 4) is 0 Å². The molecule has 0 amide bonds. The van der Waals surface area contributed by atoms with Gasteiger partial charge < -0.3 is 0 Å². The summed E-state index contributed by atoms with van der Waals surface area (Å²) in [6.07, 6.45) is 0.483. The molecule has 0 rings (SSSR count). The van der Waals surface area contributed by atoms with Gasteiger partial charge >= 0.3 is 8.03 Å². The second-order valence-electron chi connectivity index (χ2n) is 2.18. The summed E-state index contributed by atoms with van der Waals surface area (Å²) in [6, 6.07) is 0. The van der Waals surface area contributed by atoms with Gasteiger partial charge in [-0.2, -0.15) is 0 Å². The molecule has 0 aliphatic carbocycles. The molecule has 0 aliphatic heterocycles. The molecule has 0 aliphatic rings. The molecule has 0 fully saturated rings. The lowest BCUT2D eigenvalue weighted by Crippen LogP contribution is -2.13. The molecular weight excluding hydrogens is 151 g/mol. The Bertz CT molecular complexity index is 108. The molecule has 0 bridgehead atoms. The van der Waals surface area contributed by atoms with E-state index in [2.05, 4.69) is 5.32 Å². The maximum atomic E-state index is 10.9. The third-order valence-corrected chi connectivity index (χ3v) is 1.96. The fourth-order valence-electron chi connectivity index (χ4n) is 0.408. The van der Waals surface area contributed by atoms with Crippen LogP contribution in [0, 0.1) is 0 Å². The van der Waals surface area contributed by atoms with Gasteiger partial charge in [-0.25, -0.2) is 0 Å². The van der Waals surface area contributed by atoms with Crippen molar-refractivity contribution < 1.29 is 9.09 Å². The van der Waals surface area contributed by atoms with E-state index in [4.69, 9.17) is 4.52 Å². The quantitative estimate of drug-likeness (QED) is 0.474. The maximum Gasteiger partial charge on any atom is 0.525 e. The molecule has 1 unspecified atom stereocenters. The van der Waals surface area contributed by atoms with Gasteiger partial charge in [0, 0.05) is 0 Å². The van der Waals surface area contributed by atoms with E-state index in [1.54, 1.807) is 7.05 Å². The second-order valence-corrected chi connectivity index (χ2v) is 3.39. The molecule has 60 valence electrons. The van der Waals surface area contributed by atoms with Crippen molar-refractivity contribution in [2.75, 3.05) is 34.2 Å². The van der Waals surface area contributed by atoms with Gasteiger partial charge in [0.15, 0.2) is 6.73 Å². The lowest BCUT2D eigenvalue weighted by Gasteiger charge is -1.98. The van der Waals surface area contributed by atoms with Gasteiger partial charge in [-0.1, -0.05) is 0 Å². The molecule has 0 radical (unpaired) electrons. The molecule has 4 nitrogen and oxygen atoms in total. The molecule has 1 N–H and O–H groups in total. The smallest absolute Gasteiger partial charge is 0.294 e. The molecule has 10 heavy (non-hydrogen) atoms. The van der Waals surface area contributed by atoms with Gasteiger partial charge in [-0.3, -0.25) is 10.2 Å². The largest absolute Gasteiger partial charge is 0.525 e. The van der Waals surface area contributed by atoms with Crippen molar-refractivity contribution in [3.63, 3.8) is 0 Å². The Labute approximate surface area is 62.4 Å². The molecule has 0 aromatic rings. The van der Waals surface area contributed by atoms with E-state index in [0.717, 1.165) is 0 Å². The van der Waals surface area contributed by atoms with Gasteiger partial charge in [-0.05, 0) is 25.7 Å². The normalized spacial score (nSPS) is 12.2. The Morgan fingerprint density at radius 3 is 2.60 bits per heavy atom. The zero-order valence-electron chi connectivity index (χ0n) is 6.63. The van der Waals surface area contributed by atoms with E-state index in [1.807, 2.05) is 19.0 Å². The molecule has 0 saturated carbocycles. The van der Waals surface area contributed by atoms with Crippen LogP contribution < -0.4 is 5.32 Å². The fraction of sp³-hybridized carbons (Fsp3) is 1.00. The summed E-state index contributed by atoms with van der Waals surface area (Å²) in [5.74, 6) is 0. The van der Waals surface area contributed by atoms with Gasteiger partial charge in [0.1, 0.15) is 0 Å².